The summed E-state index contributed by atoms with van der Waals surface area (Å²) in [4.78, 5) is 22.8. The second-order valence-corrected chi connectivity index (χ2v) is 10.0. The first-order chi connectivity index (χ1) is 15.3. The van der Waals surface area contributed by atoms with Crippen LogP contribution in [0, 0.1) is 17.3 Å². The van der Waals surface area contributed by atoms with E-state index in [1.807, 2.05) is 12.3 Å². The lowest BCUT2D eigenvalue weighted by atomic mass is 9.78. The normalized spacial score (nSPS) is 22.4. The van der Waals surface area contributed by atoms with Gasteiger partial charge in [0.25, 0.3) is 0 Å². The topological polar surface area (TPSA) is 105 Å². The molecule has 0 bridgehead atoms. The number of guanidine groups is 1. The number of nitrogens with zero attached hydrogens (tertiary/aromatic N) is 3. The van der Waals surface area contributed by atoms with Gasteiger partial charge in [0.1, 0.15) is 5.82 Å². The Morgan fingerprint density at radius 3 is 2.64 bits per heavy atom. The zero-order valence-corrected chi connectivity index (χ0v) is 22.8. The number of anilines is 1. The Morgan fingerprint density at radius 1 is 1.27 bits per heavy atom. The van der Waals surface area contributed by atoms with Crippen LogP contribution >= 0.6 is 24.0 Å². The summed E-state index contributed by atoms with van der Waals surface area (Å²) in [5, 5.41) is 6.94. The van der Waals surface area contributed by atoms with Gasteiger partial charge in [0.15, 0.2) is 5.96 Å². The van der Waals surface area contributed by atoms with Gasteiger partial charge in [-0.25, -0.2) is 4.98 Å². The number of ether oxygens (including phenoxy) is 1. The number of amides is 1. The highest BCUT2D eigenvalue weighted by atomic mass is 127. The van der Waals surface area contributed by atoms with E-state index in [1.54, 1.807) is 7.05 Å². The molecular formula is C24H41IN6O2. The standard InChI is InChI=1S/C24H40N6O2.HI/c1-24(2,3)20-18(8-6-14-32-20)15-28-23(26-4)29-16-19-7-5-11-27-22(19)30-12-9-17(10-13-30)21(25)31;/h5,7,11,17-18,20H,6,8-10,12-16H2,1-4H3,(H2,25,31)(H2,26,28,29);1H. The maximum atomic E-state index is 11.5. The molecular weight excluding hydrogens is 531 g/mol. The first-order valence-corrected chi connectivity index (χ1v) is 11.8. The van der Waals surface area contributed by atoms with Crippen molar-refractivity contribution in [3.05, 3.63) is 23.9 Å². The highest BCUT2D eigenvalue weighted by molar-refractivity contribution is 14.0. The molecule has 2 atom stereocenters. The van der Waals surface area contributed by atoms with Crippen LogP contribution in [-0.2, 0) is 16.1 Å². The lowest BCUT2D eigenvalue weighted by Gasteiger charge is -2.40. The molecule has 186 valence electrons. The second-order valence-electron chi connectivity index (χ2n) is 10.0. The summed E-state index contributed by atoms with van der Waals surface area (Å²) in [6.07, 6.45) is 5.90. The minimum Gasteiger partial charge on any atom is -0.377 e. The van der Waals surface area contributed by atoms with Gasteiger partial charge in [0, 0.05) is 63.4 Å². The van der Waals surface area contributed by atoms with E-state index in [4.69, 9.17) is 10.5 Å². The van der Waals surface area contributed by atoms with Crippen LogP contribution < -0.4 is 21.3 Å². The summed E-state index contributed by atoms with van der Waals surface area (Å²) in [5.41, 5.74) is 6.71. The van der Waals surface area contributed by atoms with E-state index in [-0.39, 0.29) is 47.3 Å². The largest absolute Gasteiger partial charge is 0.377 e. The number of rotatable bonds is 6. The lowest BCUT2D eigenvalue weighted by molar-refractivity contribution is -0.122. The van der Waals surface area contributed by atoms with E-state index in [1.165, 1.54) is 6.42 Å². The van der Waals surface area contributed by atoms with Gasteiger partial charge < -0.3 is 26.0 Å². The highest BCUT2D eigenvalue weighted by Gasteiger charge is 2.35. The first kappa shape index (κ1) is 27.6. The van der Waals surface area contributed by atoms with Crippen molar-refractivity contribution in [2.45, 2.75) is 59.1 Å². The van der Waals surface area contributed by atoms with E-state index in [9.17, 15) is 4.79 Å². The molecule has 33 heavy (non-hydrogen) atoms. The Hall–Kier alpha value is -1.62. The maximum absolute atomic E-state index is 11.5. The van der Waals surface area contributed by atoms with Crippen molar-refractivity contribution >= 4 is 41.7 Å². The molecule has 2 aliphatic heterocycles. The number of primary amides is 1. The van der Waals surface area contributed by atoms with Crippen LogP contribution in [0.25, 0.3) is 0 Å². The number of nitrogens with two attached hydrogens (primary N) is 1. The van der Waals surface area contributed by atoms with Crippen LogP contribution in [0.1, 0.15) is 52.0 Å². The molecule has 4 N–H and O–H groups in total. The predicted octanol–water partition coefficient (Wildman–Crippen LogP) is 2.91. The Bertz CT molecular complexity index is 789. The van der Waals surface area contributed by atoms with Gasteiger partial charge >= 0.3 is 0 Å². The van der Waals surface area contributed by atoms with Crippen LogP contribution in [0.3, 0.4) is 0 Å². The third-order valence-electron chi connectivity index (χ3n) is 6.56. The summed E-state index contributed by atoms with van der Waals surface area (Å²) < 4.78 is 6.11. The Morgan fingerprint density at radius 2 is 2.00 bits per heavy atom. The molecule has 1 aromatic rings. The fourth-order valence-electron chi connectivity index (χ4n) is 4.87. The van der Waals surface area contributed by atoms with Gasteiger partial charge in [-0.1, -0.05) is 26.8 Å². The van der Waals surface area contributed by atoms with E-state index in [2.05, 4.69) is 52.3 Å². The van der Waals surface area contributed by atoms with Gasteiger partial charge in [0.05, 0.1) is 6.10 Å². The lowest BCUT2D eigenvalue weighted by Crippen LogP contribution is -2.47. The molecule has 3 rings (SSSR count). The number of hydrogen-bond donors (Lipinski definition) is 3. The van der Waals surface area contributed by atoms with Crippen molar-refractivity contribution in [2.75, 3.05) is 38.2 Å². The van der Waals surface area contributed by atoms with E-state index < -0.39 is 0 Å². The first-order valence-electron chi connectivity index (χ1n) is 11.8. The number of pyridine rings is 1. The van der Waals surface area contributed by atoms with Crippen molar-refractivity contribution in [1.29, 1.82) is 0 Å². The zero-order valence-electron chi connectivity index (χ0n) is 20.5. The second kappa shape index (κ2) is 12.7. The molecule has 2 unspecified atom stereocenters. The van der Waals surface area contributed by atoms with Crippen LogP contribution in [-0.4, -0.2) is 56.2 Å². The van der Waals surface area contributed by atoms with Gasteiger partial charge in [-0.3, -0.25) is 9.79 Å². The van der Waals surface area contributed by atoms with E-state index >= 15 is 0 Å². The van der Waals surface area contributed by atoms with Gasteiger partial charge in [-0.2, -0.15) is 0 Å². The van der Waals surface area contributed by atoms with Crippen LogP contribution in [0.5, 0.6) is 0 Å². The SMILES string of the molecule is CN=C(NCc1cccnc1N1CCC(C(N)=O)CC1)NCC1CCCOC1C(C)(C)C.I. The number of aliphatic imine (C=N–C) groups is 1. The number of carbonyl (C=O) groups excluding carboxylic acids is 1. The number of piperidine rings is 1. The van der Waals surface area contributed by atoms with Crippen molar-refractivity contribution in [3.63, 3.8) is 0 Å². The van der Waals surface area contributed by atoms with Crippen molar-refractivity contribution in [2.24, 2.45) is 28.0 Å². The Kier molecular flexibility index (Phi) is 10.7. The number of nitrogens with one attached hydrogen (secondary N) is 2. The monoisotopic (exact) mass is 572 g/mol. The molecule has 2 aliphatic rings. The molecule has 8 nitrogen and oxygen atoms in total. The average molecular weight is 573 g/mol. The molecule has 2 fully saturated rings. The number of hydrogen-bond acceptors (Lipinski definition) is 5. The third kappa shape index (κ3) is 7.70. The third-order valence-corrected chi connectivity index (χ3v) is 6.56. The van der Waals surface area contributed by atoms with Crippen LogP contribution in [0.4, 0.5) is 5.82 Å². The number of carbonyl (C=O) groups is 1. The fourth-order valence-corrected chi connectivity index (χ4v) is 4.87. The van der Waals surface area contributed by atoms with Gasteiger partial charge in [-0.15, -0.1) is 24.0 Å². The zero-order chi connectivity index (χ0) is 23.1. The molecule has 1 aromatic heterocycles. The summed E-state index contributed by atoms with van der Waals surface area (Å²) in [6, 6.07) is 4.05. The molecule has 0 saturated carbocycles. The summed E-state index contributed by atoms with van der Waals surface area (Å²) in [7, 11) is 1.80. The Labute approximate surface area is 215 Å². The summed E-state index contributed by atoms with van der Waals surface area (Å²) in [5.74, 6) is 1.99. The molecule has 3 heterocycles. The average Bonchev–Trinajstić information content (AvgIpc) is 2.79. The number of halogens is 1. The predicted molar refractivity (Wildman–Crippen MR) is 144 cm³/mol. The molecule has 0 aliphatic carbocycles. The quantitative estimate of drug-likeness (QED) is 0.275. The minimum absolute atomic E-state index is 0. The number of aromatic nitrogens is 1. The molecule has 0 spiro atoms. The van der Waals surface area contributed by atoms with Crippen LogP contribution in [0.15, 0.2) is 23.3 Å². The van der Waals surface area contributed by atoms with E-state index in [0.717, 1.165) is 62.8 Å². The van der Waals surface area contributed by atoms with Crippen molar-refractivity contribution < 1.29 is 9.53 Å². The smallest absolute Gasteiger partial charge is 0.220 e. The summed E-state index contributed by atoms with van der Waals surface area (Å²) >= 11 is 0. The Balaban J connectivity index is 0.00000385. The van der Waals surface area contributed by atoms with Gasteiger partial charge in [-0.05, 0) is 37.2 Å². The molecule has 9 heteroatoms. The fraction of sp³-hybridized carbons (Fsp3) is 0.708. The summed E-state index contributed by atoms with van der Waals surface area (Å²) in [6.45, 7) is 10.6. The highest BCUT2D eigenvalue weighted by Crippen LogP contribution is 2.33. The molecule has 0 aromatic carbocycles. The van der Waals surface area contributed by atoms with E-state index in [0.29, 0.717) is 12.5 Å². The van der Waals surface area contributed by atoms with Crippen molar-refractivity contribution in [3.8, 4) is 0 Å². The molecule has 0 radical (unpaired) electrons. The van der Waals surface area contributed by atoms with Crippen molar-refractivity contribution in [1.82, 2.24) is 15.6 Å². The van der Waals surface area contributed by atoms with Gasteiger partial charge in [0.2, 0.25) is 5.91 Å². The molecule has 2 saturated heterocycles. The van der Waals surface area contributed by atoms with Crippen LogP contribution in [0.2, 0.25) is 0 Å². The minimum atomic E-state index is -0.195. The maximum Gasteiger partial charge on any atom is 0.220 e. The molecule has 1 amide bonds.